The van der Waals surface area contributed by atoms with Gasteiger partial charge in [0.1, 0.15) is 6.61 Å². The number of aryl methyl sites for hydroxylation is 2. The Kier molecular flexibility index (Phi) is 2.48. The molecule has 0 aliphatic carbocycles. The van der Waals surface area contributed by atoms with Gasteiger partial charge in [0.05, 0.1) is 16.8 Å². The molecule has 0 saturated heterocycles. The van der Waals surface area contributed by atoms with Crippen molar-refractivity contribution in [2.75, 3.05) is 0 Å². The molecule has 0 atom stereocenters. The maximum absolute atomic E-state index is 12.1. The number of halogens is 1. The SMILES string of the molecule is Cc1nc2c(c3c1c(C)nc1ccc(Cl)cc13)C(=O)OC2. The number of carbonyl (C=O) groups excluding carboxylic acids is 1. The zero-order valence-electron chi connectivity index (χ0n) is 11.5. The number of pyridine rings is 2. The number of ether oxygens (including phenoxy) is 1. The van der Waals surface area contributed by atoms with Gasteiger partial charge in [0.2, 0.25) is 0 Å². The predicted octanol–water partition coefficient (Wildman–Crippen LogP) is 3.72. The number of aromatic nitrogens is 2. The molecule has 5 heteroatoms. The highest BCUT2D eigenvalue weighted by molar-refractivity contribution is 6.32. The zero-order chi connectivity index (χ0) is 14.7. The smallest absolute Gasteiger partial charge is 0.341 e. The van der Waals surface area contributed by atoms with E-state index in [0.29, 0.717) is 16.3 Å². The van der Waals surface area contributed by atoms with E-state index in [2.05, 4.69) is 9.97 Å². The normalized spacial score (nSPS) is 13.8. The van der Waals surface area contributed by atoms with Gasteiger partial charge in [-0.1, -0.05) is 11.6 Å². The van der Waals surface area contributed by atoms with Crippen molar-refractivity contribution >= 4 is 39.2 Å². The lowest BCUT2D eigenvalue weighted by Gasteiger charge is -2.11. The molecule has 1 aromatic carbocycles. The van der Waals surface area contributed by atoms with Crippen LogP contribution >= 0.6 is 11.6 Å². The Balaban J connectivity index is 2.35. The summed E-state index contributed by atoms with van der Waals surface area (Å²) in [6, 6.07) is 5.51. The summed E-state index contributed by atoms with van der Waals surface area (Å²) in [5.41, 5.74) is 3.77. The maximum atomic E-state index is 12.1. The summed E-state index contributed by atoms with van der Waals surface area (Å²) in [5.74, 6) is -0.325. The summed E-state index contributed by atoms with van der Waals surface area (Å²) in [7, 11) is 0. The second kappa shape index (κ2) is 4.15. The first-order valence-electron chi connectivity index (χ1n) is 6.62. The van der Waals surface area contributed by atoms with Crippen molar-refractivity contribution < 1.29 is 9.53 Å². The highest BCUT2D eigenvalue weighted by Gasteiger charge is 2.28. The lowest BCUT2D eigenvalue weighted by molar-refractivity contribution is 0.0534. The van der Waals surface area contributed by atoms with E-state index in [1.54, 1.807) is 6.07 Å². The molecule has 1 aliphatic rings. The van der Waals surface area contributed by atoms with Gasteiger partial charge in [-0.05, 0) is 32.0 Å². The fraction of sp³-hybridized carbons (Fsp3) is 0.188. The molecule has 0 spiro atoms. The molecule has 1 aliphatic heterocycles. The molecule has 21 heavy (non-hydrogen) atoms. The van der Waals surface area contributed by atoms with Crippen LogP contribution in [0.3, 0.4) is 0 Å². The number of esters is 1. The van der Waals surface area contributed by atoms with Crippen molar-refractivity contribution in [2.24, 2.45) is 0 Å². The molecule has 3 aromatic rings. The van der Waals surface area contributed by atoms with E-state index in [4.69, 9.17) is 16.3 Å². The van der Waals surface area contributed by atoms with Gasteiger partial charge in [-0.15, -0.1) is 0 Å². The van der Waals surface area contributed by atoms with E-state index < -0.39 is 0 Å². The van der Waals surface area contributed by atoms with Crippen molar-refractivity contribution in [3.05, 3.63) is 45.9 Å². The van der Waals surface area contributed by atoms with E-state index in [0.717, 1.165) is 33.1 Å². The molecule has 0 N–H and O–H groups in total. The van der Waals surface area contributed by atoms with Crippen LogP contribution < -0.4 is 0 Å². The third-order valence-electron chi connectivity index (χ3n) is 3.88. The Morgan fingerprint density at radius 1 is 1.14 bits per heavy atom. The average molecular weight is 299 g/mol. The van der Waals surface area contributed by atoms with Crippen molar-refractivity contribution in [1.29, 1.82) is 0 Å². The minimum absolute atomic E-state index is 0.231. The Hall–Kier alpha value is -2.20. The molecule has 4 rings (SSSR count). The minimum Gasteiger partial charge on any atom is -0.455 e. The van der Waals surface area contributed by atoms with Crippen LogP contribution in [0, 0.1) is 13.8 Å². The second-order valence-corrected chi connectivity index (χ2v) is 5.64. The summed E-state index contributed by atoms with van der Waals surface area (Å²) < 4.78 is 5.15. The van der Waals surface area contributed by atoms with Crippen LogP contribution in [-0.2, 0) is 11.3 Å². The fourth-order valence-corrected chi connectivity index (χ4v) is 3.22. The van der Waals surface area contributed by atoms with Crippen LogP contribution in [0.2, 0.25) is 5.02 Å². The third-order valence-corrected chi connectivity index (χ3v) is 4.11. The molecule has 104 valence electrons. The van der Waals surface area contributed by atoms with Gasteiger partial charge in [-0.2, -0.15) is 0 Å². The van der Waals surface area contributed by atoms with Crippen LogP contribution in [-0.4, -0.2) is 15.9 Å². The van der Waals surface area contributed by atoms with Crippen LogP contribution in [0.5, 0.6) is 0 Å². The predicted molar refractivity (Wildman–Crippen MR) is 80.6 cm³/mol. The molecule has 2 aromatic heterocycles. The topological polar surface area (TPSA) is 52.1 Å². The largest absolute Gasteiger partial charge is 0.455 e. The fourth-order valence-electron chi connectivity index (χ4n) is 3.05. The molecule has 0 amide bonds. The average Bonchev–Trinajstić information content (AvgIpc) is 2.80. The van der Waals surface area contributed by atoms with Gasteiger partial charge in [0, 0.05) is 32.6 Å². The first kappa shape index (κ1) is 12.5. The monoisotopic (exact) mass is 298 g/mol. The molecular formula is C16H11ClN2O2. The molecule has 4 nitrogen and oxygen atoms in total. The number of carbonyl (C=O) groups is 1. The molecule has 0 bridgehead atoms. The summed E-state index contributed by atoms with van der Waals surface area (Å²) in [5, 5.41) is 3.24. The van der Waals surface area contributed by atoms with E-state index in [1.807, 2.05) is 26.0 Å². The number of fused-ring (bicyclic) bond motifs is 5. The Labute approximate surface area is 125 Å². The molecule has 0 fully saturated rings. The van der Waals surface area contributed by atoms with Gasteiger partial charge in [-0.3, -0.25) is 9.97 Å². The minimum atomic E-state index is -0.325. The van der Waals surface area contributed by atoms with E-state index in [1.165, 1.54) is 0 Å². The quantitative estimate of drug-likeness (QED) is 0.469. The molecule has 0 radical (unpaired) electrons. The molecule has 0 unspecified atom stereocenters. The number of hydrogen-bond donors (Lipinski definition) is 0. The van der Waals surface area contributed by atoms with Gasteiger partial charge in [-0.25, -0.2) is 4.79 Å². The molecular weight excluding hydrogens is 288 g/mol. The van der Waals surface area contributed by atoms with E-state index in [9.17, 15) is 4.79 Å². The number of cyclic esters (lactones) is 1. The summed E-state index contributed by atoms with van der Waals surface area (Å²) in [6.07, 6.45) is 0. The van der Waals surface area contributed by atoms with Crippen molar-refractivity contribution in [3.63, 3.8) is 0 Å². The van der Waals surface area contributed by atoms with Gasteiger partial charge in [0.15, 0.2) is 0 Å². The first-order chi connectivity index (χ1) is 10.1. The summed E-state index contributed by atoms with van der Waals surface area (Å²) in [4.78, 5) is 21.2. The van der Waals surface area contributed by atoms with Crippen molar-refractivity contribution in [2.45, 2.75) is 20.5 Å². The van der Waals surface area contributed by atoms with Gasteiger partial charge < -0.3 is 4.74 Å². The van der Waals surface area contributed by atoms with Crippen LogP contribution in [0.4, 0.5) is 0 Å². The second-order valence-electron chi connectivity index (χ2n) is 5.20. The van der Waals surface area contributed by atoms with E-state index >= 15 is 0 Å². The lowest BCUT2D eigenvalue weighted by Crippen LogP contribution is -2.02. The Morgan fingerprint density at radius 3 is 2.71 bits per heavy atom. The number of rotatable bonds is 0. The maximum Gasteiger partial charge on any atom is 0.341 e. The van der Waals surface area contributed by atoms with Crippen LogP contribution in [0.1, 0.15) is 27.4 Å². The summed E-state index contributed by atoms with van der Waals surface area (Å²) in [6.45, 7) is 4.09. The number of benzene rings is 1. The van der Waals surface area contributed by atoms with Crippen LogP contribution in [0.25, 0.3) is 21.7 Å². The van der Waals surface area contributed by atoms with Crippen LogP contribution in [0.15, 0.2) is 18.2 Å². The van der Waals surface area contributed by atoms with Crippen molar-refractivity contribution in [3.8, 4) is 0 Å². The highest BCUT2D eigenvalue weighted by atomic mass is 35.5. The molecule has 3 heterocycles. The summed E-state index contributed by atoms with van der Waals surface area (Å²) >= 11 is 6.13. The molecule has 0 saturated carbocycles. The van der Waals surface area contributed by atoms with Crippen molar-refractivity contribution in [1.82, 2.24) is 9.97 Å². The number of nitrogens with zero attached hydrogens (tertiary/aromatic N) is 2. The van der Waals surface area contributed by atoms with Gasteiger partial charge in [0.25, 0.3) is 0 Å². The number of hydrogen-bond acceptors (Lipinski definition) is 4. The third kappa shape index (κ3) is 1.66. The zero-order valence-corrected chi connectivity index (χ0v) is 12.3. The standard InChI is InChI=1S/C16H11ClN2O2/c1-7-13-8(2)19-12-6-21-16(20)15(12)14(13)10-5-9(17)3-4-11(10)18-7/h3-5H,6H2,1-2H3. The Morgan fingerprint density at radius 2 is 1.90 bits per heavy atom. The van der Waals surface area contributed by atoms with Gasteiger partial charge >= 0.3 is 5.97 Å². The first-order valence-corrected chi connectivity index (χ1v) is 7.00. The Bertz CT molecular complexity index is 950. The lowest BCUT2D eigenvalue weighted by atomic mass is 9.98. The highest BCUT2D eigenvalue weighted by Crippen LogP contribution is 2.36. The van der Waals surface area contributed by atoms with E-state index in [-0.39, 0.29) is 12.6 Å².